The van der Waals surface area contributed by atoms with Crippen LogP contribution in [0, 0.1) is 0 Å². The highest BCUT2D eigenvalue weighted by Crippen LogP contribution is 2.32. The Morgan fingerprint density at radius 2 is 2.06 bits per heavy atom. The predicted molar refractivity (Wildman–Crippen MR) is 62.4 cm³/mol. The normalized spacial score (nSPS) is 28.2. The molecule has 0 N–H and O–H groups in total. The van der Waals surface area contributed by atoms with Gasteiger partial charge in [0, 0.05) is 18.9 Å². The first kappa shape index (κ1) is 9.58. The van der Waals surface area contributed by atoms with Gasteiger partial charge in [-0.3, -0.25) is 14.7 Å². The standard InChI is InChI=1S/C13H14N2O/c1-9-13(16)15-8-11(7-12(15)14-9)10-5-3-2-4-6-10/h2-6,9,11H,7-8H2,1H3. The molecule has 82 valence electrons. The number of hydrogen-bond acceptors (Lipinski definition) is 2. The van der Waals surface area contributed by atoms with Crippen molar-refractivity contribution < 1.29 is 4.79 Å². The van der Waals surface area contributed by atoms with Gasteiger partial charge in [-0.25, -0.2) is 0 Å². The molecule has 16 heavy (non-hydrogen) atoms. The molecule has 0 bridgehead atoms. The predicted octanol–water partition coefficient (Wildman–Crippen LogP) is 1.80. The highest BCUT2D eigenvalue weighted by atomic mass is 16.2. The minimum atomic E-state index is -0.160. The second-order valence-electron chi connectivity index (χ2n) is 4.48. The number of carbonyl (C=O) groups excluding carboxylic acids is 1. The maximum atomic E-state index is 11.8. The first-order valence-corrected chi connectivity index (χ1v) is 5.68. The first-order chi connectivity index (χ1) is 7.75. The molecule has 1 aromatic carbocycles. The van der Waals surface area contributed by atoms with E-state index < -0.39 is 0 Å². The van der Waals surface area contributed by atoms with Crippen LogP contribution in [0.4, 0.5) is 0 Å². The maximum Gasteiger partial charge on any atom is 0.252 e. The number of nitrogens with zero attached hydrogens (tertiary/aromatic N) is 2. The lowest BCUT2D eigenvalue weighted by Gasteiger charge is -2.13. The van der Waals surface area contributed by atoms with E-state index in [0.29, 0.717) is 5.92 Å². The lowest BCUT2D eigenvalue weighted by atomic mass is 9.98. The summed E-state index contributed by atoms with van der Waals surface area (Å²) >= 11 is 0. The molecule has 2 unspecified atom stereocenters. The van der Waals surface area contributed by atoms with Gasteiger partial charge in [0.05, 0.1) is 0 Å². The van der Waals surface area contributed by atoms with E-state index in [1.807, 2.05) is 30.0 Å². The monoisotopic (exact) mass is 214 g/mol. The van der Waals surface area contributed by atoms with Crippen molar-refractivity contribution in [1.82, 2.24) is 4.90 Å². The van der Waals surface area contributed by atoms with Gasteiger partial charge in [-0.2, -0.15) is 0 Å². The Morgan fingerprint density at radius 3 is 2.75 bits per heavy atom. The summed E-state index contributed by atoms with van der Waals surface area (Å²) in [6.45, 7) is 2.66. The number of benzene rings is 1. The van der Waals surface area contributed by atoms with E-state index in [2.05, 4.69) is 17.1 Å². The van der Waals surface area contributed by atoms with E-state index in [1.54, 1.807) is 0 Å². The molecular weight excluding hydrogens is 200 g/mol. The molecule has 1 fully saturated rings. The van der Waals surface area contributed by atoms with E-state index in [4.69, 9.17) is 0 Å². The van der Waals surface area contributed by atoms with Crippen molar-refractivity contribution in [3.05, 3.63) is 35.9 Å². The number of aliphatic imine (C=N–C) groups is 1. The van der Waals surface area contributed by atoms with Crippen LogP contribution in [0.25, 0.3) is 0 Å². The molecule has 1 aromatic rings. The van der Waals surface area contributed by atoms with Crippen molar-refractivity contribution in [3.8, 4) is 0 Å². The molecule has 2 aliphatic heterocycles. The van der Waals surface area contributed by atoms with E-state index in [-0.39, 0.29) is 11.9 Å². The van der Waals surface area contributed by atoms with Crippen LogP contribution in [0.1, 0.15) is 24.8 Å². The van der Waals surface area contributed by atoms with Crippen molar-refractivity contribution in [3.63, 3.8) is 0 Å². The molecule has 2 atom stereocenters. The van der Waals surface area contributed by atoms with Crippen LogP contribution in [0.3, 0.4) is 0 Å². The second-order valence-corrected chi connectivity index (χ2v) is 4.48. The van der Waals surface area contributed by atoms with Gasteiger partial charge >= 0.3 is 0 Å². The van der Waals surface area contributed by atoms with Gasteiger partial charge in [0.25, 0.3) is 5.91 Å². The quantitative estimate of drug-likeness (QED) is 0.701. The Balaban J connectivity index is 1.85. The van der Waals surface area contributed by atoms with Crippen LogP contribution < -0.4 is 0 Å². The Morgan fingerprint density at radius 1 is 1.31 bits per heavy atom. The van der Waals surface area contributed by atoms with Gasteiger partial charge in [-0.1, -0.05) is 30.3 Å². The molecule has 3 nitrogen and oxygen atoms in total. The topological polar surface area (TPSA) is 32.7 Å². The van der Waals surface area contributed by atoms with Crippen LogP contribution in [-0.4, -0.2) is 29.2 Å². The summed E-state index contributed by atoms with van der Waals surface area (Å²) in [7, 11) is 0. The summed E-state index contributed by atoms with van der Waals surface area (Å²) in [5, 5.41) is 0. The van der Waals surface area contributed by atoms with Crippen LogP contribution in [0.15, 0.2) is 35.3 Å². The molecule has 0 saturated carbocycles. The molecule has 1 saturated heterocycles. The minimum absolute atomic E-state index is 0.160. The Bertz CT molecular complexity index is 452. The number of rotatable bonds is 1. The Kier molecular flexibility index (Phi) is 2.06. The maximum absolute atomic E-state index is 11.8. The van der Waals surface area contributed by atoms with Crippen LogP contribution in [0.2, 0.25) is 0 Å². The third-order valence-corrected chi connectivity index (χ3v) is 3.38. The summed E-state index contributed by atoms with van der Waals surface area (Å²) in [6, 6.07) is 10.2. The second kappa shape index (κ2) is 3.44. The Labute approximate surface area is 94.8 Å². The summed E-state index contributed by atoms with van der Waals surface area (Å²) in [5.74, 6) is 1.57. The zero-order chi connectivity index (χ0) is 11.1. The number of amidine groups is 1. The van der Waals surface area contributed by atoms with Gasteiger partial charge in [-0.05, 0) is 12.5 Å². The van der Waals surface area contributed by atoms with Crippen LogP contribution in [0.5, 0.6) is 0 Å². The zero-order valence-corrected chi connectivity index (χ0v) is 9.26. The van der Waals surface area contributed by atoms with Crippen LogP contribution >= 0.6 is 0 Å². The summed E-state index contributed by atoms with van der Waals surface area (Å²) in [6.07, 6.45) is 0.903. The fourth-order valence-electron chi connectivity index (χ4n) is 2.51. The smallest absolute Gasteiger partial charge is 0.252 e. The van der Waals surface area contributed by atoms with Gasteiger partial charge in [0.1, 0.15) is 11.9 Å². The third-order valence-electron chi connectivity index (χ3n) is 3.38. The lowest BCUT2D eigenvalue weighted by Crippen LogP contribution is -2.30. The van der Waals surface area contributed by atoms with Crippen molar-refractivity contribution in [1.29, 1.82) is 0 Å². The first-order valence-electron chi connectivity index (χ1n) is 5.68. The molecule has 0 aromatic heterocycles. The number of fused-ring (bicyclic) bond motifs is 1. The highest BCUT2D eigenvalue weighted by Gasteiger charge is 2.39. The average Bonchev–Trinajstić information content (AvgIpc) is 2.82. The molecule has 0 aliphatic carbocycles. The summed E-state index contributed by atoms with van der Waals surface area (Å²) in [5.41, 5.74) is 1.31. The number of hydrogen-bond donors (Lipinski definition) is 0. The lowest BCUT2D eigenvalue weighted by molar-refractivity contribution is -0.126. The molecule has 0 radical (unpaired) electrons. The highest BCUT2D eigenvalue weighted by molar-refractivity contribution is 6.07. The molecule has 3 rings (SSSR count). The molecule has 2 aliphatic rings. The molecule has 0 spiro atoms. The SMILES string of the molecule is CC1N=C2CC(c3ccccc3)CN2C1=O. The summed E-state index contributed by atoms with van der Waals surface area (Å²) in [4.78, 5) is 18.0. The minimum Gasteiger partial charge on any atom is -0.298 e. The molecule has 1 amide bonds. The Hall–Kier alpha value is -1.64. The van der Waals surface area contributed by atoms with E-state index >= 15 is 0 Å². The number of amides is 1. The van der Waals surface area contributed by atoms with Gasteiger partial charge in [-0.15, -0.1) is 0 Å². The van der Waals surface area contributed by atoms with Gasteiger partial charge < -0.3 is 0 Å². The van der Waals surface area contributed by atoms with Gasteiger partial charge in [0.15, 0.2) is 0 Å². The zero-order valence-electron chi connectivity index (χ0n) is 9.26. The third kappa shape index (κ3) is 1.35. The van der Waals surface area contributed by atoms with Crippen LogP contribution in [-0.2, 0) is 4.79 Å². The molecule has 2 heterocycles. The molecular formula is C13H14N2O. The fraction of sp³-hybridized carbons (Fsp3) is 0.385. The fourth-order valence-corrected chi connectivity index (χ4v) is 2.51. The van der Waals surface area contributed by atoms with E-state index in [1.165, 1.54) is 5.56 Å². The van der Waals surface area contributed by atoms with Crippen molar-refractivity contribution in [2.45, 2.75) is 25.3 Å². The summed E-state index contributed by atoms with van der Waals surface area (Å²) < 4.78 is 0. The van der Waals surface area contributed by atoms with E-state index in [0.717, 1.165) is 18.8 Å². The van der Waals surface area contributed by atoms with Gasteiger partial charge in [0.2, 0.25) is 0 Å². The van der Waals surface area contributed by atoms with E-state index in [9.17, 15) is 4.79 Å². The van der Waals surface area contributed by atoms with Crippen molar-refractivity contribution in [2.75, 3.05) is 6.54 Å². The van der Waals surface area contributed by atoms with Crippen molar-refractivity contribution in [2.24, 2.45) is 4.99 Å². The number of carbonyl (C=O) groups is 1. The molecule has 3 heteroatoms. The van der Waals surface area contributed by atoms with Crippen molar-refractivity contribution >= 4 is 11.7 Å². The average molecular weight is 214 g/mol. The largest absolute Gasteiger partial charge is 0.298 e.